The van der Waals surface area contributed by atoms with Crippen molar-refractivity contribution in [3.63, 3.8) is 0 Å². The molecular weight excluding hydrogens is 378 g/mol. The van der Waals surface area contributed by atoms with Crippen LogP contribution in [0.5, 0.6) is 0 Å². The normalized spacial score (nSPS) is 11.2. The van der Waals surface area contributed by atoms with Gasteiger partial charge in [-0.3, -0.25) is 14.5 Å². The van der Waals surface area contributed by atoms with Crippen LogP contribution in [0.15, 0.2) is 66.0 Å². The van der Waals surface area contributed by atoms with Crippen LogP contribution < -0.4 is 16.0 Å². The molecule has 30 heavy (non-hydrogen) atoms. The Morgan fingerprint density at radius 1 is 1.10 bits per heavy atom. The van der Waals surface area contributed by atoms with Crippen molar-refractivity contribution in [1.82, 2.24) is 25.4 Å². The van der Waals surface area contributed by atoms with Gasteiger partial charge in [-0.05, 0) is 35.7 Å². The number of hydrogen-bond donors (Lipinski definition) is 3. The molecule has 0 unspecified atom stereocenters. The molecule has 8 heteroatoms. The van der Waals surface area contributed by atoms with E-state index in [1.807, 2.05) is 42.1 Å². The fourth-order valence-corrected chi connectivity index (χ4v) is 2.89. The molecule has 0 aliphatic rings. The molecule has 0 bridgehead atoms. The number of rotatable bonds is 8. The van der Waals surface area contributed by atoms with Gasteiger partial charge in [0.1, 0.15) is 5.82 Å². The number of aryl methyl sites for hydroxylation is 1. The molecule has 0 spiro atoms. The molecule has 8 nitrogen and oxygen atoms in total. The van der Waals surface area contributed by atoms with Gasteiger partial charge >= 0.3 is 0 Å². The first-order chi connectivity index (χ1) is 14.6. The number of amides is 1. The second-order valence-corrected chi connectivity index (χ2v) is 6.84. The average molecular weight is 406 g/mol. The fourth-order valence-electron chi connectivity index (χ4n) is 2.89. The lowest BCUT2D eigenvalue weighted by Crippen LogP contribution is -2.38. The van der Waals surface area contributed by atoms with E-state index < -0.39 is 0 Å². The number of hydrogen-bond acceptors (Lipinski definition) is 4. The second-order valence-electron chi connectivity index (χ2n) is 6.84. The summed E-state index contributed by atoms with van der Waals surface area (Å²) in [5.74, 6) is 1.10. The number of aliphatic imine (C=N–C) groups is 1. The summed E-state index contributed by atoms with van der Waals surface area (Å²) >= 11 is 0. The zero-order valence-corrected chi connectivity index (χ0v) is 17.3. The van der Waals surface area contributed by atoms with Crippen molar-refractivity contribution in [1.29, 1.82) is 0 Å². The monoisotopic (exact) mass is 405 g/mol. The van der Waals surface area contributed by atoms with Crippen molar-refractivity contribution in [2.24, 2.45) is 4.99 Å². The molecule has 0 aliphatic heterocycles. The fraction of sp³-hybridized carbons (Fsp3) is 0.273. The van der Waals surface area contributed by atoms with Crippen LogP contribution in [0.3, 0.4) is 0 Å². The number of nitrogens with zero attached hydrogens (tertiary/aromatic N) is 4. The highest BCUT2D eigenvalue weighted by Crippen LogP contribution is 2.10. The number of benzene rings is 1. The summed E-state index contributed by atoms with van der Waals surface area (Å²) in [6.45, 7) is 3.75. The van der Waals surface area contributed by atoms with Gasteiger partial charge in [0.05, 0.1) is 6.54 Å². The van der Waals surface area contributed by atoms with Gasteiger partial charge in [0.15, 0.2) is 5.96 Å². The van der Waals surface area contributed by atoms with Crippen LogP contribution >= 0.6 is 0 Å². The standard InChI is InChI=1S/C22H27N7O/c1-17-8-9-20(25-14-17)28-21(30)10-12-24-22(23-2)26-15-18-6-3-4-7-19(18)16-29-13-5-11-27-29/h3-9,11,13-14H,10,12,15-16H2,1-2H3,(H2,23,24,26)(H,25,28,30). The van der Waals surface area contributed by atoms with Crippen molar-refractivity contribution < 1.29 is 4.79 Å². The molecule has 0 radical (unpaired) electrons. The minimum Gasteiger partial charge on any atom is -0.356 e. The molecule has 156 valence electrons. The van der Waals surface area contributed by atoms with E-state index in [4.69, 9.17) is 0 Å². The van der Waals surface area contributed by atoms with Gasteiger partial charge in [0.2, 0.25) is 5.91 Å². The molecular formula is C22H27N7O. The maximum absolute atomic E-state index is 12.1. The quantitative estimate of drug-likeness (QED) is 0.395. The van der Waals surface area contributed by atoms with Crippen LogP contribution in [0.2, 0.25) is 0 Å². The summed E-state index contributed by atoms with van der Waals surface area (Å²) in [5.41, 5.74) is 3.41. The highest BCUT2D eigenvalue weighted by Gasteiger charge is 2.06. The number of carbonyl (C=O) groups excluding carboxylic acids is 1. The summed E-state index contributed by atoms with van der Waals surface area (Å²) < 4.78 is 1.90. The number of guanidine groups is 1. The smallest absolute Gasteiger partial charge is 0.227 e. The number of aromatic nitrogens is 3. The van der Waals surface area contributed by atoms with Gasteiger partial charge in [-0.25, -0.2) is 4.98 Å². The van der Waals surface area contributed by atoms with Crippen molar-refractivity contribution in [3.8, 4) is 0 Å². The molecule has 1 aromatic carbocycles. The van der Waals surface area contributed by atoms with Gasteiger partial charge in [-0.15, -0.1) is 0 Å². The second kappa shape index (κ2) is 10.8. The Morgan fingerprint density at radius 2 is 1.93 bits per heavy atom. The van der Waals surface area contributed by atoms with E-state index in [9.17, 15) is 4.79 Å². The minimum absolute atomic E-state index is 0.0983. The molecule has 0 fully saturated rings. The van der Waals surface area contributed by atoms with Crippen LogP contribution in [-0.2, 0) is 17.9 Å². The summed E-state index contributed by atoms with van der Waals surface area (Å²) in [5, 5.41) is 13.5. The molecule has 3 rings (SSSR count). The predicted molar refractivity (Wildman–Crippen MR) is 118 cm³/mol. The Labute approximate surface area is 176 Å². The van der Waals surface area contributed by atoms with Crippen molar-refractivity contribution >= 4 is 17.7 Å². The van der Waals surface area contributed by atoms with E-state index in [-0.39, 0.29) is 5.91 Å². The summed E-state index contributed by atoms with van der Waals surface area (Å²) in [4.78, 5) is 20.5. The number of nitrogens with one attached hydrogen (secondary N) is 3. The first-order valence-electron chi connectivity index (χ1n) is 9.85. The number of anilines is 1. The number of carbonyl (C=O) groups is 1. The van der Waals surface area contributed by atoms with E-state index in [0.717, 1.165) is 5.56 Å². The van der Waals surface area contributed by atoms with Crippen molar-refractivity contribution in [3.05, 3.63) is 77.7 Å². The third-order valence-corrected chi connectivity index (χ3v) is 4.50. The largest absolute Gasteiger partial charge is 0.356 e. The first kappa shape index (κ1) is 21.0. The Bertz CT molecular complexity index is 965. The SMILES string of the molecule is CN=C(NCCC(=O)Nc1ccc(C)cn1)NCc1ccccc1Cn1cccn1. The van der Waals surface area contributed by atoms with E-state index in [1.54, 1.807) is 25.5 Å². The predicted octanol–water partition coefficient (Wildman–Crippen LogP) is 2.33. The van der Waals surface area contributed by atoms with E-state index in [2.05, 4.69) is 43.2 Å². The average Bonchev–Trinajstić information content (AvgIpc) is 3.26. The van der Waals surface area contributed by atoms with E-state index >= 15 is 0 Å². The third-order valence-electron chi connectivity index (χ3n) is 4.50. The van der Waals surface area contributed by atoms with Crippen LogP contribution in [-0.4, -0.2) is 40.2 Å². The summed E-state index contributed by atoms with van der Waals surface area (Å²) in [6, 6.07) is 13.8. The molecule has 1 amide bonds. The molecule has 0 atom stereocenters. The van der Waals surface area contributed by atoms with E-state index in [1.165, 1.54) is 11.1 Å². The zero-order valence-electron chi connectivity index (χ0n) is 17.3. The molecule has 3 aromatic rings. The Kier molecular flexibility index (Phi) is 7.54. The van der Waals surface area contributed by atoms with Crippen LogP contribution in [0, 0.1) is 6.92 Å². The van der Waals surface area contributed by atoms with Gasteiger partial charge in [-0.1, -0.05) is 30.3 Å². The molecule has 0 aliphatic carbocycles. The Morgan fingerprint density at radius 3 is 2.63 bits per heavy atom. The Balaban J connectivity index is 1.45. The van der Waals surface area contributed by atoms with Crippen molar-refractivity contribution in [2.75, 3.05) is 18.9 Å². The molecule has 0 saturated carbocycles. The van der Waals surface area contributed by atoms with Crippen LogP contribution in [0.25, 0.3) is 0 Å². The first-order valence-corrected chi connectivity index (χ1v) is 9.85. The lowest BCUT2D eigenvalue weighted by molar-refractivity contribution is -0.116. The van der Waals surface area contributed by atoms with Gasteiger partial charge in [0.25, 0.3) is 0 Å². The molecule has 2 aromatic heterocycles. The molecule has 3 N–H and O–H groups in total. The lowest BCUT2D eigenvalue weighted by atomic mass is 10.1. The summed E-state index contributed by atoms with van der Waals surface area (Å²) in [7, 11) is 1.71. The summed E-state index contributed by atoms with van der Waals surface area (Å²) in [6.07, 6.45) is 5.76. The lowest BCUT2D eigenvalue weighted by Gasteiger charge is -2.14. The topological polar surface area (TPSA) is 96.2 Å². The maximum Gasteiger partial charge on any atom is 0.227 e. The van der Waals surface area contributed by atoms with Gasteiger partial charge < -0.3 is 16.0 Å². The maximum atomic E-state index is 12.1. The molecule has 2 heterocycles. The minimum atomic E-state index is -0.0983. The highest BCUT2D eigenvalue weighted by molar-refractivity contribution is 5.90. The van der Waals surface area contributed by atoms with E-state index in [0.29, 0.717) is 37.8 Å². The van der Waals surface area contributed by atoms with Crippen LogP contribution in [0.1, 0.15) is 23.1 Å². The van der Waals surface area contributed by atoms with Gasteiger partial charge in [-0.2, -0.15) is 5.10 Å². The Hall–Kier alpha value is -3.68. The van der Waals surface area contributed by atoms with Crippen LogP contribution in [0.4, 0.5) is 5.82 Å². The highest BCUT2D eigenvalue weighted by atomic mass is 16.1. The van der Waals surface area contributed by atoms with Gasteiger partial charge in [0, 0.05) is 45.1 Å². The molecule has 0 saturated heterocycles. The third kappa shape index (κ3) is 6.44. The van der Waals surface area contributed by atoms with Crippen molar-refractivity contribution in [2.45, 2.75) is 26.4 Å². The number of pyridine rings is 1. The zero-order chi connectivity index (χ0) is 21.2.